The lowest BCUT2D eigenvalue weighted by Crippen LogP contribution is -2.66. The average Bonchev–Trinajstić information content (AvgIpc) is 2.69. The van der Waals surface area contributed by atoms with E-state index in [-0.39, 0.29) is 24.8 Å². The Labute approximate surface area is 110 Å². The molecule has 0 aromatic heterocycles. The van der Waals surface area contributed by atoms with Crippen molar-refractivity contribution in [3.05, 3.63) is 0 Å². The first-order valence-electron chi connectivity index (χ1n) is 5.98. The average molecular weight is 269 g/mol. The van der Waals surface area contributed by atoms with Gasteiger partial charge in [0.2, 0.25) is 0 Å². The van der Waals surface area contributed by atoms with Crippen LogP contribution in [0, 0.1) is 0 Å². The number of hydrogen-bond acceptors (Lipinski definition) is 3. The van der Waals surface area contributed by atoms with Gasteiger partial charge in [-0.15, -0.1) is 24.8 Å². The van der Waals surface area contributed by atoms with Gasteiger partial charge in [-0.1, -0.05) is 0 Å². The normalized spacial score (nSPS) is 32.6. The molecule has 0 aromatic rings. The fourth-order valence-electron chi connectivity index (χ4n) is 3.53. The summed E-state index contributed by atoms with van der Waals surface area (Å²) in [6.45, 7) is 5.67. The van der Waals surface area contributed by atoms with Crippen LogP contribution in [0.25, 0.3) is 0 Å². The summed E-state index contributed by atoms with van der Waals surface area (Å²) in [5.74, 6) is 0. The standard InChI is InChI=1S/C11H20N2O.2ClH/c1-2-10-11(3-8-14-9-4-11)12-5-7-13(10)6-1;;/h10,12H,1-9H2;2*1H. The van der Waals surface area contributed by atoms with Crippen molar-refractivity contribution in [2.75, 3.05) is 32.8 Å². The maximum atomic E-state index is 5.49. The van der Waals surface area contributed by atoms with Crippen molar-refractivity contribution in [2.45, 2.75) is 37.3 Å². The molecule has 3 fully saturated rings. The number of hydrogen-bond donors (Lipinski definition) is 1. The monoisotopic (exact) mass is 268 g/mol. The van der Waals surface area contributed by atoms with E-state index in [4.69, 9.17) is 4.74 Å². The zero-order chi connectivity index (χ0) is 9.43. The van der Waals surface area contributed by atoms with E-state index in [0.29, 0.717) is 5.54 Å². The Morgan fingerprint density at radius 2 is 1.88 bits per heavy atom. The van der Waals surface area contributed by atoms with E-state index >= 15 is 0 Å². The third kappa shape index (κ3) is 2.34. The zero-order valence-corrected chi connectivity index (χ0v) is 11.2. The van der Waals surface area contributed by atoms with Crippen LogP contribution in [0.4, 0.5) is 0 Å². The molecule has 0 saturated carbocycles. The van der Waals surface area contributed by atoms with Gasteiger partial charge in [0.15, 0.2) is 0 Å². The molecule has 3 aliphatic rings. The Morgan fingerprint density at radius 1 is 1.12 bits per heavy atom. The van der Waals surface area contributed by atoms with Gasteiger partial charge in [0.1, 0.15) is 0 Å². The number of piperazine rings is 1. The maximum Gasteiger partial charge on any atom is 0.0484 e. The summed E-state index contributed by atoms with van der Waals surface area (Å²) in [5.41, 5.74) is 0.410. The Hall–Kier alpha value is 0.460. The van der Waals surface area contributed by atoms with Gasteiger partial charge in [0.05, 0.1) is 0 Å². The Morgan fingerprint density at radius 3 is 2.62 bits per heavy atom. The predicted molar refractivity (Wildman–Crippen MR) is 69.9 cm³/mol. The highest BCUT2D eigenvalue weighted by molar-refractivity contribution is 5.85. The molecule has 0 aliphatic carbocycles. The van der Waals surface area contributed by atoms with Gasteiger partial charge in [-0.05, 0) is 32.2 Å². The molecule has 1 atom stereocenters. The summed E-state index contributed by atoms with van der Waals surface area (Å²) in [5, 5.41) is 3.78. The molecule has 3 heterocycles. The Balaban J connectivity index is 0.000000640. The van der Waals surface area contributed by atoms with E-state index in [1.807, 2.05) is 0 Å². The van der Waals surface area contributed by atoms with Gasteiger partial charge in [-0.2, -0.15) is 0 Å². The minimum atomic E-state index is 0. The number of nitrogens with zero attached hydrogens (tertiary/aromatic N) is 1. The summed E-state index contributed by atoms with van der Waals surface area (Å²) >= 11 is 0. The van der Waals surface area contributed by atoms with Crippen molar-refractivity contribution >= 4 is 24.8 Å². The molecule has 1 N–H and O–H groups in total. The number of rotatable bonds is 0. The van der Waals surface area contributed by atoms with E-state index in [1.165, 1.54) is 45.3 Å². The third-order valence-corrected chi connectivity index (χ3v) is 4.26. The highest BCUT2D eigenvalue weighted by Crippen LogP contribution is 2.35. The van der Waals surface area contributed by atoms with Gasteiger partial charge >= 0.3 is 0 Å². The van der Waals surface area contributed by atoms with Crippen LogP contribution in [-0.2, 0) is 4.74 Å². The van der Waals surface area contributed by atoms with Crippen LogP contribution in [-0.4, -0.2) is 49.3 Å². The van der Waals surface area contributed by atoms with Crippen LogP contribution in [0.1, 0.15) is 25.7 Å². The molecular formula is C11H22Cl2N2O. The first kappa shape index (κ1) is 14.5. The number of ether oxygens (including phenoxy) is 1. The SMILES string of the molecule is C1CC2N(C1)CCNC21CCOCC1.Cl.Cl. The zero-order valence-electron chi connectivity index (χ0n) is 9.61. The molecular weight excluding hydrogens is 247 g/mol. The summed E-state index contributed by atoms with van der Waals surface area (Å²) < 4.78 is 5.49. The van der Waals surface area contributed by atoms with Crippen LogP contribution in [0.3, 0.4) is 0 Å². The van der Waals surface area contributed by atoms with Crippen LogP contribution < -0.4 is 5.32 Å². The molecule has 3 nitrogen and oxygen atoms in total. The molecule has 96 valence electrons. The fraction of sp³-hybridized carbons (Fsp3) is 1.00. The van der Waals surface area contributed by atoms with Gasteiger partial charge in [-0.25, -0.2) is 0 Å². The topological polar surface area (TPSA) is 24.5 Å². The lowest BCUT2D eigenvalue weighted by molar-refractivity contribution is -0.0162. The number of fused-ring (bicyclic) bond motifs is 2. The van der Waals surface area contributed by atoms with Gasteiger partial charge in [-0.3, -0.25) is 4.90 Å². The van der Waals surface area contributed by atoms with Crippen molar-refractivity contribution in [1.82, 2.24) is 10.2 Å². The van der Waals surface area contributed by atoms with Crippen LogP contribution in [0.15, 0.2) is 0 Å². The van der Waals surface area contributed by atoms with E-state index in [9.17, 15) is 0 Å². The van der Waals surface area contributed by atoms with Crippen LogP contribution in [0.5, 0.6) is 0 Å². The second kappa shape index (κ2) is 5.87. The van der Waals surface area contributed by atoms with E-state index < -0.39 is 0 Å². The molecule has 0 aromatic carbocycles. The van der Waals surface area contributed by atoms with Gasteiger partial charge < -0.3 is 10.1 Å². The lowest BCUT2D eigenvalue weighted by atomic mass is 9.80. The lowest BCUT2D eigenvalue weighted by Gasteiger charge is -2.50. The second-order valence-electron chi connectivity index (χ2n) is 4.89. The summed E-state index contributed by atoms with van der Waals surface area (Å²) in [4.78, 5) is 2.70. The van der Waals surface area contributed by atoms with Crippen molar-refractivity contribution in [1.29, 1.82) is 0 Å². The largest absolute Gasteiger partial charge is 0.381 e. The van der Waals surface area contributed by atoms with E-state index in [1.54, 1.807) is 0 Å². The quantitative estimate of drug-likeness (QED) is 0.720. The van der Waals surface area contributed by atoms with E-state index in [0.717, 1.165) is 19.3 Å². The summed E-state index contributed by atoms with van der Waals surface area (Å²) in [7, 11) is 0. The van der Waals surface area contributed by atoms with Crippen molar-refractivity contribution in [3.63, 3.8) is 0 Å². The smallest absolute Gasteiger partial charge is 0.0484 e. The molecule has 16 heavy (non-hydrogen) atoms. The molecule has 3 rings (SSSR count). The molecule has 1 spiro atoms. The highest BCUT2D eigenvalue weighted by Gasteiger charge is 2.46. The molecule has 1 unspecified atom stereocenters. The minimum Gasteiger partial charge on any atom is -0.381 e. The van der Waals surface area contributed by atoms with E-state index in [2.05, 4.69) is 10.2 Å². The maximum absolute atomic E-state index is 5.49. The van der Waals surface area contributed by atoms with Gasteiger partial charge in [0, 0.05) is 37.9 Å². The molecule has 3 aliphatic heterocycles. The molecule has 3 saturated heterocycles. The van der Waals surface area contributed by atoms with Crippen molar-refractivity contribution in [3.8, 4) is 0 Å². The second-order valence-corrected chi connectivity index (χ2v) is 4.89. The first-order chi connectivity index (χ1) is 6.91. The van der Waals surface area contributed by atoms with Crippen LogP contribution >= 0.6 is 24.8 Å². The molecule has 0 amide bonds. The van der Waals surface area contributed by atoms with Crippen molar-refractivity contribution < 1.29 is 4.74 Å². The first-order valence-corrected chi connectivity index (χ1v) is 5.98. The number of nitrogens with one attached hydrogen (secondary N) is 1. The summed E-state index contributed by atoms with van der Waals surface area (Å²) in [6, 6.07) is 0.806. The highest BCUT2D eigenvalue weighted by atomic mass is 35.5. The fourth-order valence-corrected chi connectivity index (χ4v) is 3.53. The predicted octanol–water partition coefficient (Wildman–Crippen LogP) is 1.45. The Bertz CT molecular complexity index is 217. The molecule has 5 heteroatoms. The third-order valence-electron chi connectivity index (χ3n) is 4.26. The van der Waals surface area contributed by atoms with Crippen LogP contribution in [0.2, 0.25) is 0 Å². The number of halogens is 2. The summed E-state index contributed by atoms with van der Waals surface area (Å²) in [6.07, 6.45) is 5.23. The van der Waals surface area contributed by atoms with Gasteiger partial charge in [0.25, 0.3) is 0 Å². The molecule has 0 radical (unpaired) electrons. The van der Waals surface area contributed by atoms with Crippen molar-refractivity contribution in [2.24, 2.45) is 0 Å². The minimum absolute atomic E-state index is 0. The Kier molecular flexibility index (Phi) is 5.33. The molecule has 0 bridgehead atoms.